The van der Waals surface area contributed by atoms with Crippen LogP contribution in [0.5, 0.6) is 0 Å². The predicted octanol–water partition coefficient (Wildman–Crippen LogP) is 1.92. The quantitative estimate of drug-likeness (QED) is 0.812. The lowest BCUT2D eigenvalue weighted by Gasteiger charge is -2.08. The number of halogens is 1. The highest BCUT2D eigenvalue weighted by Crippen LogP contribution is 2.20. The summed E-state index contributed by atoms with van der Waals surface area (Å²) in [5.41, 5.74) is 0.569. The van der Waals surface area contributed by atoms with Crippen LogP contribution in [0.4, 0.5) is 10.1 Å². The van der Waals surface area contributed by atoms with Gasteiger partial charge in [-0.3, -0.25) is 9.59 Å². The number of amides is 1. The van der Waals surface area contributed by atoms with Crippen LogP contribution >= 0.6 is 0 Å². The molecule has 1 aromatic carbocycles. The van der Waals surface area contributed by atoms with Gasteiger partial charge in [0.05, 0.1) is 18.1 Å². The van der Waals surface area contributed by atoms with Gasteiger partial charge in [-0.05, 0) is 26.0 Å². The van der Waals surface area contributed by atoms with Crippen LogP contribution in [0.15, 0.2) is 12.1 Å². The molecule has 0 aliphatic carbocycles. The normalized spacial score (nSPS) is 9.53. The molecule has 0 radical (unpaired) electrons. The Morgan fingerprint density at radius 1 is 1.47 bits per heavy atom. The van der Waals surface area contributed by atoms with Gasteiger partial charge in [-0.15, -0.1) is 0 Å². The number of hydrogen-bond donors (Lipinski definition) is 1. The lowest BCUT2D eigenvalue weighted by Crippen LogP contribution is -2.16. The summed E-state index contributed by atoms with van der Waals surface area (Å²) in [5, 5.41) is 11.1. The van der Waals surface area contributed by atoms with Crippen molar-refractivity contribution in [2.45, 2.75) is 20.3 Å². The molecule has 0 unspecified atom stereocenters. The van der Waals surface area contributed by atoms with Gasteiger partial charge in [0.2, 0.25) is 5.91 Å². The fourth-order valence-electron chi connectivity index (χ4n) is 1.29. The molecule has 1 amide bonds. The number of anilines is 1. The van der Waals surface area contributed by atoms with E-state index in [9.17, 15) is 14.0 Å². The number of benzene rings is 1. The Hall–Kier alpha value is -2.22. The molecule has 1 rings (SSSR count). The molecule has 0 aliphatic heterocycles. The molecule has 1 N–H and O–H groups in total. The van der Waals surface area contributed by atoms with E-state index in [1.807, 2.05) is 0 Å². The van der Waals surface area contributed by atoms with Crippen LogP contribution in [0.2, 0.25) is 0 Å². The summed E-state index contributed by atoms with van der Waals surface area (Å²) in [6, 6.07) is 4.26. The van der Waals surface area contributed by atoms with Crippen LogP contribution in [-0.2, 0) is 9.59 Å². The number of carbonyl (C=O) groups is 2. The zero-order valence-electron chi connectivity index (χ0n) is 9.50. The van der Waals surface area contributed by atoms with E-state index in [1.54, 1.807) is 6.07 Å². The molecular weight excluding hydrogens is 223 g/mol. The van der Waals surface area contributed by atoms with Crippen molar-refractivity contribution in [3.8, 4) is 6.07 Å². The highest BCUT2D eigenvalue weighted by Gasteiger charge is 2.11. The first kappa shape index (κ1) is 12.8. The Labute approximate surface area is 98.1 Å². The van der Waals surface area contributed by atoms with Gasteiger partial charge in [-0.1, -0.05) is 0 Å². The zero-order chi connectivity index (χ0) is 13.0. The average molecular weight is 234 g/mol. The van der Waals surface area contributed by atoms with E-state index in [0.717, 1.165) is 6.07 Å². The van der Waals surface area contributed by atoms with Gasteiger partial charge in [-0.2, -0.15) is 5.26 Å². The summed E-state index contributed by atoms with van der Waals surface area (Å²) in [4.78, 5) is 22.1. The SMILES string of the molecule is CC(=O)CC(=O)Nc1cc(C#N)cc(F)c1C. The standard InChI is InChI=1S/C12H11FN2O2/c1-7(16)3-12(17)15-11-5-9(6-14)4-10(13)8(11)2/h4-5H,3H2,1-2H3,(H,15,17). The third kappa shape index (κ3) is 3.38. The van der Waals surface area contributed by atoms with Gasteiger partial charge in [-0.25, -0.2) is 4.39 Å². The van der Waals surface area contributed by atoms with Crippen LogP contribution in [0.25, 0.3) is 0 Å². The third-order valence-corrected chi connectivity index (χ3v) is 2.16. The number of nitrogens with one attached hydrogen (secondary N) is 1. The number of Topliss-reactive ketones (excluding diaryl/α,β-unsaturated/α-hetero) is 1. The summed E-state index contributed by atoms with van der Waals surface area (Å²) >= 11 is 0. The Bertz CT molecular complexity index is 518. The molecular formula is C12H11FN2O2. The van der Waals surface area contributed by atoms with Crippen LogP contribution in [-0.4, -0.2) is 11.7 Å². The van der Waals surface area contributed by atoms with Crippen molar-refractivity contribution in [3.63, 3.8) is 0 Å². The molecule has 17 heavy (non-hydrogen) atoms. The number of carbonyl (C=O) groups excluding carboxylic acids is 2. The largest absolute Gasteiger partial charge is 0.325 e. The second kappa shape index (κ2) is 5.21. The van der Waals surface area contributed by atoms with E-state index in [1.165, 1.54) is 19.9 Å². The second-order valence-corrected chi connectivity index (χ2v) is 3.67. The minimum Gasteiger partial charge on any atom is -0.325 e. The molecule has 88 valence electrons. The maximum atomic E-state index is 13.4. The number of rotatable bonds is 3. The predicted molar refractivity (Wildman–Crippen MR) is 59.8 cm³/mol. The van der Waals surface area contributed by atoms with E-state index in [2.05, 4.69) is 5.32 Å². The fourth-order valence-corrected chi connectivity index (χ4v) is 1.29. The smallest absolute Gasteiger partial charge is 0.231 e. The van der Waals surface area contributed by atoms with Crippen molar-refractivity contribution < 1.29 is 14.0 Å². The van der Waals surface area contributed by atoms with Crippen LogP contribution < -0.4 is 5.32 Å². The highest BCUT2D eigenvalue weighted by atomic mass is 19.1. The Balaban J connectivity index is 2.98. The third-order valence-electron chi connectivity index (χ3n) is 2.16. The Kier molecular flexibility index (Phi) is 3.94. The highest BCUT2D eigenvalue weighted by molar-refractivity contribution is 6.03. The molecule has 0 aliphatic rings. The number of nitriles is 1. The van der Waals surface area contributed by atoms with Gasteiger partial charge in [0.15, 0.2) is 0 Å². The molecule has 0 saturated carbocycles. The second-order valence-electron chi connectivity index (χ2n) is 3.67. The summed E-state index contributed by atoms with van der Waals surface area (Å²) in [6.07, 6.45) is -0.266. The molecule has 0 fully saturated rings. The topological polar surface area (TPSA) is 70.0 Å². The molecule has 0 spiro atoms. The molecule has 4 nitrogen and oxygen atoms in total. The first-order valence-corrected chi connectivity index (χ1v) is 4.93. The molecule has 0 bridgehead atoms. The van der Waals surface area contributed by atoms with Crippen molar-refractivity contribution >= 4 is 17.4 Å². The van der Waals surface area contributed by atoms with E-state index in [0.29, 0.717) is 0 Å². The summed E-state index contributed by atoms with van der Waals surface area (Å²) in [7, 11) is 0. The van der Waals surface area contributed by atoms with Crippen LogP contribution in [0.1, 0.15) is 24.5 Å². The lowest BCUT2D eigenvalue weighted by molar-refractivity contribution is -0.124. The number of hydrogen-bond acceptors (Lipinski definition) is 3. The van der Waals surface area contributed by atoms with Crippen LogP contribution in [0, 0.1) is 24.1 Å². The van der Waals surface area contributed by atoms with Gasteiger partial charge < -0.3 is 5.32 Å². The van der Waals surface area contributed by atoms with Crippen molar-refractivity contribution in [3.05, 3.63) is 29.1 Å². The van der Waals surface area contributed by atoms with E-state index in [4.69, 9.17) is 5.26 Å². The molecule has 0 heterocycles. The van der Waals surface area contributed by atoms with Gasteiger partial charge in [0.1, 0.15) is 11.6 Å². The maximum Gasteiger partial charge on any atom is 0.231 e. The van der Waals surface area contributed by atoms with E-state index < -0.39 is 11.7 Å². The van der Waals surface area contributed by atoms with Crippen molar-refractivity contribution in [2.75, 3.05) is 5.32 Å². The zero-order valence-corrected chi connectivity index (χ0v) is 9.50. The van der Waals surface area contributed by atoms with Gasteiger partial charge >= 0.3 is 0 Å². The summed E-state index contributed by atoms with van der Waals surface area (Å²) in [5.74, 6) is -1.37. The Morgan fingerprint density at radius 2 is 2.12 bits per heavy atom. The average Bonchev–Trinajstić information content (AvgIpc) is 2.23. The summed E-state index contributed by atoms with van der Waals surface area (Å²) in [6.45, 7) is 2.78. The lowest BCUT2D eigenvalue weighted by atomic mass is 10.1. The molecule has 0 saturated heterocycles. The Morgan fingerprint density at radius 3 is 2.65 bits per heavy atom. The van der Waals surface area contributed by atoms with Gasteiger partial charge in [0.25, 0.3) is 0 Å². The van der Waals surface area contributed by atoms with E-state index >= 15 is 0 Å². The van der Waals surface area contributed by atoms with Gasteiger partial charge in [0, 0.05) is 11.3 Å². The number of nitrogens with zero attached hydrogens (tertiary/aromatic N) is 1. The molecule has 1 aromatic rings. The van der Waals surface area contributed by atoms with Crippen molar-refractivity contribution in [1.82, 2.24) is 0 Å². The van der Waals surface area contributed by atoms with E-state index in [-0.39, 0.29) is 29.0 Å². The minimum atomic E-state index is -0.567. The maximum absolute atomic E-state index is 13.4. The summed E-state index contributed by atoms with van der Waals surface area (Å²) < 4.78 is 13.4. The number of ketones is 1. The molecule has 0 atom stereocenters. The monoisotopic (exact) mass is 234 g/mol. The first-order valence-electron chi connectivity index (χ1n) is 4.93. The van der Waals surface area contributed by atoms with Crippen molar-refractivity contribution in [2.24, 2.45) is 0 Å². The molecule has 0 aromatic heterocycles. The first-order chi connectivity index (χ1) is 7.93. The van der Waals surface area contributed by atoms with Crippen LogP contribution in [0.3, 0.4) is 0 Å². The van der Waals surface area contributed by atoms with Crippen molar-refractivity contribution in [1.29, 1.82) is 5.26 Å². The molecule has 5 heteroatoms. The minimum absolute atomic E-state index is 0.117. The fraction of sp³-hybridized carbons (Fsp3) is 0.250.